The van der Waals surface area contributed by atoms with Gasteiger partial charge in [0.1, 0.15) is 0 Å². The van der Waals surface area contributed by atoms with Crippen LogP contribution in [-0.2, 0) is 10.3 Å². The van der Waals surface area contributed by atoms with E-state index in [1.54, 1.807) is 25.4 Å². The molecule has 4 heteroatoms. The van der Waals surface area contributed by atoms with Crippen molar-refractivity contribution in [1.82, 2.24) is 4.98 Å². The lowest BCUT2D eigenvalue weighted by molar-refractivity contribution is 0.0593. The van der Waals surface area contributed by atoms with Crippen LogP contribution in [0.4, 0.5) is 4.79 Å². The third kappa shape index (κ3) is 2.32. The molecule has 0 aliphatic heterocycles. The average molecular weight is 242 g/mol. The van der Waals surface area contributed by atoms with Crippen molar-refractivity contribution in [3.8, 4) is 0 Å². The smallest absolute Gasteiger partial charge is 0.405 e. The number of ether oxygens (including phenoxy) is 1. The number of aromatic nitrogens is 1. The van der Waals surface area contributed by atoms with Crippen molar-refractivity contribution < 1.29 is 9.53 Å². The molecule has 1 atom stereocenters. The highest BCUT2D eigenvalue weighted by molar-refractivity contribution is 5.66. The van der Waals surface area contributed by atoms with Gasteiger partial charge in [0.15, 0.2) is 5.60 Å². The second kappa shape index (κ2) is 4.87. The summed E-state index contributed by atoms with van der Waals surface area (Å²) in [6, 6.07) is 13.1. The summed E-state index contributed by atoms with van der Waals surface area (Å²) < 4.78 is 5.31. The molecule has 18 heavy (non-hydrogen) atoms. The molecule has 1 aromatic heterocycles. The van der Waals surface area contributed by atoms with E-state index in [0.29, 0.717) is 0 Å². The van der Waals surface area contributed by atoms with Gasteiger partial charge >= 0.3 is 6.09 Å². The van der Waals surface area contributed by atoms with Crippen LogP contribution in [0, 0.1) is 0 Å². The molecule has 2 rings (SSSR count). The first-order chi connectivity index (χ1) is 8.63. The standard InChI is InChI=1S/C14H14N2O2/c1-14(18-13(15)17,11-6-3-2-4-7-11)12-8-5-9-16-10-12/h2-10H,1H3,(H2,15,17). The van der Waals surface area contributed by atoms with Gasteiger partial charge in [-0.3, -0.25) is 4.98 Å². The van der Waals surface area contributed by atoms with Gasteiger partial charge in [0, 0.05) is 18.0 Å². The van der Waals surface area contributed by atoms with Crippen LogP contribution in [0.15, 0.2) is 54.9 Å². The molecule has 2 aromatic rings. The third-order valence-electron chi connectivity index (χ3n) is 2.84. The van der Waals surface area contributed by atoms with Crippen molar-refractivity contribution in [3.63, 3.8) is 0 Å². The molecule has 0 aliphatic rings. The molecular weight excluding hydrogens is 228 g/mol. The van der Waals surface area contributed by atoms with Gasteiger partial charge in [-0.15, -0.1) is 0 Å². The van der Waals surface area contributed by atoms with Gasteiger partial charge in [-0.05, 0) is 18.6 Å². The Labute approximate surface area is 105 Å². The summed E-state index contributed by atoms with van der Waals surface area (Å²) in [6.07, 6.45) is 2.51. The van der Waals surface area contributed by atoms with Crippen LogP contribution in [0.5, 0.6) is 0 Å². The van der Waals surface area contributed by atoms with E-state index in [4.69, 9.17) is 10.5 Å². The van der Waals surface area contributed by atoms with Crippen LogP contribution >= 0.6 is 0 Å². The van der Waals surface area contributed by atoms with Gasteiger partial charge in [-0.2, -0.15) is 0 Å². The van der Waals surface area contributed by atoms with Crippen molar-refractivity contribution in [2.24, 2.45) is 5.73 Å². The Bertz CT molecular complexity index is 487. The van der Waals surface area contributed by atoms with Gasteiger partial charge in [0.2, 0.25) is 0 Å². The van der Waals surface area contributed by atoms with E-state index in [2.05, 4.69) is 4.98 Å². The summed E-state index contributed by atoms with van der Waals surface area (Å²) in [5, 5.41) is 0. The van der Waals surface area contributed by atoms with E-state index in [0.717, 1.165) is 11.1 Å². The van der Waals surface area contributed by atoms with Gasteiger partial charge in [-0.1, -0.05) is 36.4 Å². The number of hydrogen-bond acceptors (Lipinski definition) is 3. The van der Waals surface area contributed by atoms with Crippen LogP contribution < -0.4 is 5.73 Å². The summed E-state index contributed by atoms with van der Waals surface area (Å²) in [5.41, 5.74) is 5.86. The van der Waals surface area contributed by atoms with Gasteiger partial charge < -0.3 is 10.5 Å². The lowest BCUT2D eigenvalue weighted by atomic mass is 9.89. The van der Waals surface area contributed by atoms with Crippen LogP contribution in [0.1, 0.15) is 18.1 Å². The highest BCUT2D eigenvalue weighted by Gasteiger charge is 2.32. The Balaban J connectivity index is 2.51. The molecule has 2 N–H and O–H groups in total. The number of carbonyl (C=O) groups is 1. The number of benzene rings is 1. The quantitative estimate of drug-likeness (QED) is 0.899. The molecule has 1 aromatic carbocycles. The van der Waals surface area contributed by atoms with Crippen LogP contribution in [-0.4, -0.2) is 11.1 Å². The van der Waals surface area contributed by atoms with Crippen molar-refractivity contribution in [2.75, 3.05) is 0 Å². The van der Waals surface area contributed by atoms with E-state index in [1.165, 1.54) is 0 Å². The minimum Gasteiger partial charge on any atom is -0.433 e. The second-order valence-corrected chi connectivity index (χ2v) is 4.06. The summed E-state index contributed by atoms with van der Waals surface area (Å²) in [6.45, 7) is 1.80. The first kappa shape index (κ1) is 12.1. The van der Waals surface area contributed by atoms with Crippen LogP contribution in [0.25, 0.3) is 0 Å². The fourth-order valence-corrected chi connectivity index (χ4v) is 1.89. The molecule has 0 saturated heterocycles. The predicted octanol–water partition coefficient (Wildman–Crippen LogP) is 2.44. The summed E-state index contributed by atoms with van der Waals surface area (Å²) in [7, 11) is 0. The van der Waals surface area contributed by atoms with E-state index < -0.39 is 11.7 Å². The zero-order valence-electron chi connectivity index (χ0n) is 10.0. The zero-order valence-corrected chi connectivity index (χ0v) is 10.0. The molecular formula is C14H14N2O2. The molecule has 0 spiro atoms. The molecule has 92 valence electrons. The molecule has 0 fully saturated rings. The number of pyridine rings is 1. The van der Waals surface area contributed by atoms with Gasteiger partial charge in [0.05, 0.1) is 0 Å². The molecule has 0 bridgehead atoms. The van der Waals surface area contributed by atoms with Crippen LogP contribution in [0.2, 0.25) is 0 Å². The largest absolute Gasteiger partial charge is 0.433 e. The summed E-state index contributed by atoms with van der Waals surface area (Å²) in [4.78, 5) is 15.2. The Morgan fingerprint density at radius 2 is 1.83 bits per heavy atom. The lowest BCUT2D eigenvalue weighted by Gasteiger charge is -2.29. The number of primary amides is 1. The maximum Gasteiger partial charge on any atom is 0.405 e. The van der Waals surface area contributed by atoms with E-state index >= 15 is 0 Å². The minimum absolute atomic E-state index is 0.773. The number of carbonyl (C=O) groups excluding carboxylic acids is 1. The van der Waals surface area contributed by atoms with Crippen molar-refractivity contribution in [2.45, 2.75) is 12.5 Å². The Morgan fingerprint density at radius 1 is 1.17 bits per heavy atom. The van der Waals surface area contributed by atoms with Gasteiger partial charge in [-0.25, -0.2) is 4.79 Å². The van der Waals surface area contributed by atoms with Crippen LogP contribution in [0.3, 0.4) is 0 Å². The van der Waals surface area contributed by atoms with Crippen molar-refractivity contribution in [3.05, 3.63) is 66.0 Å². The number of amides is 1. The Kier molecular flexibility index (Phi) is 3.28. The second-order valence-electron chi connectivity index (χ2n) is 4.06. The number of rotatable bonds is 3. The van der Waals surface area contributed by atoms with Crippen molar-refractivity contribution in [1.29, 1.82) is 0 Å². The normalized spacial score (nSPS) is 13.6. The van der Waals surface area contributed by atoms with E-state index in [-0.39, 0.29) is 0 Å². The fraction of sp³-hybridized carbons (Fsp3) is 0.143. The topological polar surface area (TPSA) is 65.2 Å². The Morgan fingerprint density at radius 3 is 2.39 bits per heavy atom. The first-order valence-electron chi connectivity index (χ1n) is 5.57. The molecule has 4 nitrogen and oxygen atoms in total. The fourth-order valence-electron chi connectivity index (χ4n) is 1.89. The van der Waals surface area contributed by atoms with Crippen molar-refractivity contribution >= 4 is 6.09 Å². The monoisotopic (exact) mass is 242 g/mol. The number of nitrogens with zero attached hydrogens (tertiary/aromatic N) is 1. The third-order valence-corrected chi connectivity index (χ3v) is 2.84. The molecule has 1 unspecified atom stereocenters. The minimum atomic E-state index is -0.929. The lowest BCUT2D eigenvalue weighted by Crippen LogP contribution is -2.33. The number of nitrogens with two attached hydrogens (primary N) is 1. The molecule has 0 radical (unpaired) electrons. The summed E-state index contributed by atoms with van der Waals surface area (Å²) in [5.74, 6) is 0. The average Bonchev–Trinajstić information content (AvgIpc) is 2.40. The van der Waals surface area contributed by atoms with E-state index in [9.17, 15) is 4.79 Å². The molecule has 1 heterocycles. The summed E-state index contributed by atoms with van der Waals surface area (Å²) >= 11 is 0. The highest BCUT2D eigenvalue weighted by Crippen LogP contribution is 2.32. The maximum absolute atomic E-state index is 11.1. The molecule has 1 amide bonds. The predicted molar refractivity (Wildman–Crippen MR) is 67.8 cm³/mol. The van der Waals surface area contributed by atoms with E-state index in [1.807, 2.05) is 36.4 Å². The number of hydrogen-bond donors (Lipinski definition) is 1. The zero-order chi connectivity index (χ0) is 13.0. The SMILES string of the molecule is CC(OC(N)=O)(c1ccccc1)c1cccnc1. The Hall–Kier alpha value is -2.36. The van der Waals surface area contributed by atoms with Gasteiger partial charge in [0.25, 0.3) is 0 Å². The molecule has 0 aliphatic carbocycles. The first-order valence-corrected chi connectivity index (χ1v) is 5.57. The highest BCUT2D eigenvalue weighted by atomic mass is 16.6. The molecule has 0 saturated carbocycles. The maximum atomic E-state index is 11.1.